The highest BCUT2D eigenvalue weighted by atomic mass is 16.4. The molecule has 0 aliphatic heterocycles. The third-order valence-corrected chi connectivity index (χ3v) is 2.96. The van der Waals surface area contributed by atoms with E-state index in [-0.39, 0.29) is 5.92 Å². The highest BCUT2D eigenvalue weighted by Crippen LogP contribution is 2.22. The lowest BCUT2D eigenvalue weighted by molar-refractivity contribution is -0.140. The standard InChI is InChI=1S/C13H19NO2/c1-9-6-5-7-12(11(9)3)14(4)8-10(2)13(15)16/h5-7,10H,8H2,1-4H3,(H,15,16). The van der Waals surface area contributed by atoms with Crippen LogP contribution in [0, 0.1) is 19.8 Å². The van der Waals surface area contributed by atoms with E-state index in [9.17, 15) is 4.79 Å². The molecule has 0 aromatic heterocycles. The molecular formula is C13H19NO2. The van der Waals surface area contributed by atoms with Crippen molar-refractivity contribution in [3.63, 3.8) is 0 Å². The molecule has 0 saturated heterocycles. The van der Waals surface area contributed by atoms with Gasteiger partial charge in [-0.1, -0.05) is 19.1 Å². The van der Waals surface area contributed by atoms with E-state index in [1.54, 1.807) is 6.92 Å². The topological polar surface area (TPSA) is 40.5 Å². The van der Waals surface area contributed by atoms with Crippen molar-refractivity contribution in [1.82, 2.24) is 0 Å². The molecule has 0 amide bonds. The lowest BCUT2D eigenvalue weighted by Gasteiger charge is -2.24. The van der Waals surface area contributed by atoms with Crippen LogP contribution < -0.4 is 4.90 Å². The summed E-state index contributed by atoms with van der Waals surface area (Å²) in [5.74, 6) is -1.11. The summed E-state index contributed by atoms with van der Waals surface area (Å²) in [6.45, 7) is 6.38. The number of carboxylic acids is 1. The van der Waals surface area contributed by atoms with Crippen molar-refractivity contribution >= 4 is 11.7 Å². The van der Waals surface area contributed by atoms with E-state index < -0.39 is 5.97 Å². The number of nitrogens with zero attached hydrogens (tertiary/aromatic N) is 1. The van der Waals surface area contributed by atoms with Gasteiger partial charge in [0.1, 0.15) is 0 Å². The van der Waals surface area contributed by atoms with Crippen molar-refractivity contribution in [2.24, 2.45) is 5.92 Å². The van der Waals surface area contributed by atoms with Gasteiger partial charge in [0, 0.05) is 19.3 Å². The summed E-state index contributed by atoms with van der Waals surface area (Å²) in [6, 6.07) is 6.09. The van der Waals surface area contributed by atoms with Gasteiger partial charge in [0.2, 0.25) is 0 Å². The molecular weight excluding hydrogens is 202 g/mol. The Morgan fingerprint density at radius 3 is 2.62 bits per heavy atom. The molecule has 0 aliphatic rings. The van der Waals surface area contributed by atoms with Crippen LogP contribution in [0.1, 0.15) is 18.1 Å². The summed E-state index contributed by atoms with van der Waals surface area (Å²) in [5, 5.41) is 8.88. The molecule has 0 heterocycles. The van der Waals surface area contributed by atoms with Crippen LogP contribution in [-0.2, 0) is 4.79 Å². The molecule has 16 heavy (non-hydrogen) atoms. The predicted molar refractivity (Wildman–Crippen MR) is 66.0 cm³/mol. The van der Waals surface area contributed by atoms with Crippen LogP contribution in [0.15, 0.2) is 18.2 Å². The summed E-state index contributed by atoms with van der Waals surface area (Å²) in [4.78, 5) is 12.8. The maximum atomic E-state index is 10.8. The molecule has 1 atom stereocenters. The first-order valence-electron chi connectivity index (χ1n) is 5.43. The van der Waals surface area contributed by atoms with Crippen molar-refractivity contribution in [3.8, 4) is 0 Å². The minimum atomic E-state index is -0.753. The average molecular weight is 221 g/mol. The Morgan fingerprint density at radius 1 is 1.44 bits per heavy atom. The van der Waals surface area contributed by atoms with Gasteiger partial charge in [-0.05, 0) is 31.0 Å². The predicted octanol–water partition coefficient (Wildman–Crippen LogP) is 2.46. The Hall–Kier alpha value is -1.51. The Labute approximate surface area is 96.7 Å². The monoisotopic (exact) mass is 221 g/mol. The van der Waals surface area contributed by atoms with E-state index in [0.29, 0.717) is 6.54 Å². The average Bonchev–Trinajstić information content (AvgIpc) is 2.21. The van der Waals surface area contributed by atoms with Gasteiger partial charge in [-0.25, -0.2) is 0 Å². The van der Waals surface area contributed by atoms with Crippen molar-refractivity contribution in [3.05, 3.63) is 29.3 Å². The van der Waals surface area contributed by atoms with Gasteiger partial charge in [0.15, 0.2) is 0 Å². The number of aryl methyl sites for hydroxylation is 1. The Balaban J connectivity index is 2.84. The third-order valence-electron chi connectivity index (χ3n) is 2.96. The van der Waals surface area contributed by atoms with E-state index in [1.807, 2.05) is 24.1 Å². The van der Waals surface area contributed by atoms with E-state index >= 15 is 0 Å². The molecule has 0 radical (unpaired) electrons. The minimum Gasteiger partial charge on any atom is -0.481 e. The van der Waals surface area contributed by atoms with Gasteiger partial charge >= 0.3 is 5.97 Å². The summed E-state index contributed by atoms with van der Waals surface area (Å²) in [6.07, 6.45) is 0. The molecule has 88 valence electrons. The van der Waals surface area contributed by atoms with Crippen LogP contribution in [-0.4, -0.2) is 24.7 Å². The number of aliphatic carboxylic acids is 1. The second-order valence-corrected chi connectivity index (χ2v) is 4.34. The maximum Gasteiger partial charge on any atom is 0.308 e. The third kappa shape index (κ3) is 2.75. The molecule has 0 fully saturated rings. The molecule has 1 aromatic rings. The normalized spacial score (nSPS) is 12.2. The zero-order valence-corrected chi connectivity index (χ0v) is 10.3. The lowest BCUT2D eigenvalue weighted by Crippen LogP contribution is -2.28. The van der Waals surface area contributed by atoms with Gasteiger partial charge in [-0.3, -0.25) is 4.79 Å². The van der Waals surface area contributed by atoms with Crippen LogP contribution in [0.3, 0.4) is 0 Å². The van der Waals surface area contributed by atoms with E-state index in [4.69, 9.17) is 5.11 Å². The SMILES string of the molecule is Cc1cccc(N(C)CC(C)C(=O)O)c1C. The number of hydrogen-bond acceptors (Lipinski definition) is 2. The van der Waals surface area contributed by atoms with Crippen LogP contribution >= 0.6 is 0 Å². The zero-order valence-electron chi connectivity index (χ0n) is 10.3. The summed E-state index contributed by atoms with van der Waals surface area (Å²) >= 11 is 0. The summed E-state index contributed by atoms with van der Waals surface area (Å²) in [7, 11) is 1.93. The molecule has 3 heteroatoms. The lowest BCUT2D eigenvalue weighted by atomic mass is 10.1. The number of rotatable bonds is 4. The van der Waals surface area contributed by atoms with Crippen molar-refractivity contribution in [1.29, 1.82) is 0 Å². The number of carbonyl (C=O) groups is 1. The van der Waals surface area contributed by atoms with Crippen molar-refractivity contribution in [2.45, 2.75) is 20.8 Å². The minimum absolute atomic E-state index is 0.357. The fraction of sp³-hybridized carbons (Fsp3) is 0.462. The van der Waals surface area contributed by atoms with Gasteiger partial charge in [-0.2, -0.15) is 0 Å². The van der Waals surface area contributed by atoms with E-state index in [1.165, 1.54) is 11.1 Å². The molecule has 3 nitrogen and oxygen atoms in total. The summed E-state index contributed by atoms with van der Waals surface area (Å²) < 4.78 is 0. The zero-order chi connectivity index (χ0) is 12.3. The molecule has 0 aliphatic carbocycles. The Morgan fingerprint density at radius 2 is 2.06 bits per heavy atom. The number of carboxylic acid groups (broad SMARTS) is 1. The smallest absolute Gasteiger partial charge is 0.308 e. The molecule has 1 N–H and O–H groups in total. The fourth-order valence-corrected chi connectivity index (χ4v) is 1.74. The number of hydrogen-bond donors (Lipinski definition) is 1. The van der Waals surface area contributed by atoms with Crippen LogP contribution in [0.2, 0.25) is 0 Å². The second kappa shape index (κ2) is 5.01. The molecule has 0 spiro atoms. The van der Waals surface area contributed by atoms with Gasteiger partial charge in [0.25, 0.3) is 0 Å². The molecule has 1 unspecified atom stereocenters. The van der Waals surface area contributed by atoms with E-state index in [2.05, 4.69) is 19.9 Å². The number of benzene rings is 1. The number of anilines is 1. The first-order valence-corrected chi connectivity index (χ1v) is 5.43. The highest BCUT2D eigenvalue weighted by Gasteiger charge is 2.15. The highest BCUT2D eigenvalue weighted by molar-refractivity contribution is 5.70. The molecule has 1 rings (SSSR count). The molecule has 0 saturated carbocycles. The largest absolute Gasteiger partial charge is 0.481 e. The first kappa shape index (κ1) is 12.6. The second-order valence-electron chi connectivity index (χ2n) is 4.34. The quantitative estimate of drug-likeness (QED) is 0.849. The van der Waals surface area contributed by atoms with Crippen LogP contribution in [0.4, 0.5) is 5.69 Å². The van der Waals surface area contributed by atoms with E-state index in [0.717, 1.165) is 5.69 Å². The molecule has 0 bridgehead atoms. The van der Waals surface area contributed by atoms with Crippen LogP contribution in [0.25, 0.3) is 0 Å². The Bertz CT molecular complexity index is 388. The molecule has 1 aromatic carbocycles. The maximum absolute atomic E-state index is 10.8. The van der Waals surface area contributed by atoms with Crippen molar-refractivity contribution < 1.29 is 9.90 Å². The van der Waals surface area contributed by atoms with Crippen LogP contribution in [0.5, 0.6) is 0 Å². The van der Waals surface area contributed by atoms with Gasteiger partial charge in [-0.15, -0.1) is 0 Å². The summed E-state index contributed by atoms with van der Waals surface area (Å²) in [5.41, 5.74) is 3.54. The van der Waals surface area contributed by atoms with Crippen molar-refractivity contribution in [2.75, 3.05) is 18.5 Å². The van der Waals surface area contributed by atoms with Gasteiger partial charge in [0.05, 0.1) is 5.92 Å². The first-order chi connectivity index (χ1) is 7.43. The fourth-order valence-electron chi connectivity index (χ4n) is 1.74. The van der Waals surface area contributed by atoms with Gasteiger partial charge < -0.3 is 10.0 Å². The Kier molecular flexibility index (Phi) is 3.93.